The van der Waals surface area contributed by atoms with Crippen LogP contribution in [0.3, 0.4) is 0 Å². The average molecular weight is 279 g/mol. The summed E-state index contributed by atoms with van der Waals surface area (Å²) in [5, 5.41) is 0. The van der Waals surface area contributed by atoms with E-state index in [4.69, 9.17) is 0 Å². The van der Waals surface area contributed by atoms with Crippen molar-refractivity contribution >= 4 is 28.4 Å². The van der Waals surface area contributed by atoms with Crippen molar-refractivity contribution in [3.63, 3.8) is 0 Å². The van der Waals surface area contributed by atoms with Crippen LogP contribution in [0.5, 0.6) is 0 Å². The van der Waals surface area contributed by atoms with Gasteiger partial charge in [-0.1, -0.05) is 20.8 Å². The molecule has 6 heteroatoms. The Balaban J connectivity index is 2.81. The lowest BCUT2D eigenvalue weighted by atomic mass is 9.95. The lowest BCUT2D eigenvalue weighted by Gasteiger charge is -2.33. The monoisotopic (exact) mass is 279 g/mol. The molecular formula is C11H21NO3S2. The zero-order chi connectivity index (χ0) is 13.3. The highest BCUT2D eigenvalue weighted by Crippen LogP contribution is 2.23. The maximum Gasteiger partial charge on any atom is 0.232 e. The molecule has 1 amide bonds. The minimum Gasteiger partial charge on any atom is -0.337 e. The second-order valence-electron chi connectivity index (χ2n) is 5.80. The molecule has 0 aromatic carbocycles. The quantitative estimate of drug-likeness (QED) is 0.784. The number of carbonyl (C=O) groups is 1. The fourth-order valence-electron chi connectivity index (χ4n) is 2.04. The first kappa shape index (κ1) is 14.8. The smallest absolute Gasteiger partial charge is 0.232 e. The van der Waals surface area contributed by atoms with E-state index in [9.17, 15) is 13.2 Å². The Morgan fingerprint density at radius 2 is 2.00 bits per heavy atom. The van der Waals surface area contributed by atoms with E-state index < -0.39 is 9.84 Å². The van der Waals surface area contributed by atoms with Crippen molar-refractivity contribution in [2.45, 2.75) is 33.2 Å². The summed E-state index contributed by atoms with van der Waals surface area (Å²) in [5.74, 6) is 0.346. The summed E-state index contributed by atoms with van der Waals surface area (Å²) in [6.45, 7) is 6.69. The normalized spacial score (nSPS) is 23.6. The van der Waals surface area contributed by atoms with Crippen LogP contribution in [0.2, 0.25) is 0 Å². The molecule has 1 saturated heterocycles. The van der Waals surface area contributed by atoms with Crippen molar-refractivity contribution < 1.29 is 13.2 Å². The van der Waals surface area contributed by atoms with E-state index in [1.54, 1.807) is 4.90 Å². The predicted molar refractivity (Wildman–Crippen MR) is 72.1 cm³/mol. The van der Waals surface area contributed by atoms with Gasteiger partial charge in [0.25, 0.3) is 0 Å². The van der Waals surface area contributed by atoms with Gasteiger partial charge >= 0.3 is 0 Å². The van der Waals surface area contributed by atoms with Crippen LogP contribution in [-0.2, 0) is 14.6 Å². The van der Waals surface area contributed by atoms with Crippen molar-refractivity contribution in [3.8, 4) is 0 Å². The lowest BCUT2D eigenvalue weighted by Crippen LogP contribution is -2.46. The zero-order valence-corrected chi connectivity index (χ0v) is 12.4. The van der Waals surface area contributed by atoms with Gasteiger partial charge < -0.3 is 4.90 Å². The number of hydrogen-bond donors (Lipinski definition) is 1. The van der Waals surface area contributed by atoms with Gasteiger partial charge in [0, 0.05) is 12.6 Å². The first-order chi connectivity index (χ1) is 7.64. The van der Waals surface area contributed by atoms with Crippen LogP contribution in [-0.4, -0.2) is 49.1 Å². The molecular weight excluding hydrogens is 258 g/mol. The minimum absolute atomic E-state index is 0.0367. The fourth-order valence-corrected chi connectivity index (χ4v) is 3.96. The second-order valence-corrected chi connectivity index (χ2v) is 8.34. The van der Waals surface area contributed by atoms with Crippen LogP contribution in [0.25, 0.3) is 0 Å². The van der Waals surface area contributed by atoms with E-state index in [0.717, 1.165) is 0 Å². The molecule has 1 aliphatic rings. The van der Waals surface area contributed by atoms with Crippen LogP contribution in [0.15, 0.2) is 0 Å². The maximum absolute atomic E-state index is 11.8. The van der Waals surface area contributed by atoms with Gasteiger partial charge in [-0.15, -0.1) is 0 Å². The van der Waals surface area contributed by atoms with Gasteiger partial charge in [0.15, 0.2) is 9.84 Å². The summed E-state index contributed by atoms with van der Waals surface area (Å²) in [4.78, 5) is 13.5. The number of rotatable bonds is 3. The number of nitrogens with zero attached hydrogens (tertiary/aromatic N) is 1. The van der Waals surface area contributed by atoms with Crippen molar-refractivity contribution in [1.82, 2.24) is 4.90 Å². The van der Waals surface area contributed by atoms with E-state index in [0.29, 0.717) is 13.0 Å². The van der Waals surface area contributed by atoms with E-state index in [1.165, 1.54) is 0 Å². The number of thiol groups is 1. The molecule has 100 valence electrons. The molecule has 1 aliphatic heterocycles. The molecule has 17 heavy (non-hydrogen) atoms. The molecule has 0 aliphatic carbocycles. The topological polar surface area (TPSA) is 54.5 Å². The fraction of sp³-hybridized carbons (Fsp3) is 0.909. The third-order valence-electron chi connectivity index (χ3n) is 2.75. The molecule has 1 fully saturated rings. The van der Waals surface area contributed by atoms with Crippen LogP contribution in [0.4, 0.5) is 0 Å². The van der Waals surface area contributed by atoms with Gasteiger partial charge in [0.05, 0.1) is 17.3 Å². The Morgan fingerprint density at radius 3 is 2.35 bits per heavy atom. The molecule has 0 unspecified atom stereocenters. The number of carbonyl (C=O) groups excluding carboxylic acids is 1. The molecule has 1 rings (SSSR count). The van der Waals surface area contributed by atoms with Crippen molar-refractivity contribution in [1.29, 1.82) is 0 Å². The molecule has 0 spiro atoms. The van der Waals surface area contributed by atoms with Crippen LogP contribution >= 0.6 is 12.6 Å². The van der Waals surface area contributed by atoms with Gasteiger partial charge in [-0.2, -0.15) is 12.6 Å². The summed E-state index contributed by atoms with van der Waals surface area (Å²) >= 11 is 4.00. The Labute approximate surface area is 109 Å². The number of amides is 1. The first-order valence-electron chi connectivity index (χ1n) is 5.75. The third kappa shape index (κ3) is 4.50. The molecule has 0 saturated carbocycles. The van der Waals surface area contributed by atoms with E-state index in [1.807, 2.05) is 20.8 Å². The Kier molecular flexibility index (Phi) is 4.52. The first-order valence-corrected chi connectivity index (χ1v) is 8.21. The van der Waals surface area contributed by atoms with E-state index in [2.05, 4.69) is 12.6 Å². The molecule has 0 radical (unpaired) electrons. The second kappa shape index (κ2) is 5.18. The molecule has 0 aromatic rings. The predicted octanol–water partition coefficient (Wildman–Crippen LogP) is 0.978. The number of sulfone groups is 1. The van der Waals surface area contributed by atoms with Gasteiger partial charge in [-0.3, -0.25) is 4.79 Å². The van der Waals surface area contributed by atoms with Crippen molar-refractivity contribution in [2.24, 2.45) is 5.41 Å². The SMILES string of the molecule is CC(C)(C)CN(C(=O)CS)[C@@H]1CCS(=O)(=O)C1. The van der Waals surface area contributed by atoms with Crippen molar-refractivity contribution in [2.75, 3.05) is 23.8 Å². The van der Waals surface area contributed by atoms with Gasteiger partial charge in [0.2, 0.25) is 5.91 Å². The van der Waals surface area contributed by atoms with E-state index >= 15 is 0 Å². The molecule has 1 heterocycles. The number of hydrogen-bond acceptors (Lipinski definition) is 4. The molecule has 4 nitrogen and oxygen atoms in total. The summed E-state index contributed by atoms with van der Waals surface area (Å²) in [6, 6.07) is -0.168. The van der Waals surface area contributed by atoms with Crippen molar-refractivity contribution in [3.05, 3.63) is 0 Å². The van der Waals surface area contributed by atoms with E-state index in [-0.39, 0.29) is 34.6 Å². The highest BCUT2D eigenvalue weighted by atomic mass is 32.2. The van der Waals surface area contributed by atoms with Crippen LogP contribution < -0.4 is 0 Å². The third-order valence-corrected chi connectivity index (χ3v) is 4.77. The molecule has 0 aromatic heterocycles. The standard InChI is InChI=1S/C11H21NO3S2/c1-11(2,3)8-12(10(13)6-16)9-4-5-17(14,15)7-9/h9,16H,4-8H2,1-3H3/t9-/m1/s1. The maximum atomic E-state index is 11.8. The van der Waals surface area contributed by atoms with Gasteiger partial charge in [-0.05, 0) is 11.8 Å². The Morgan fingerprint density at radius 1 is 1.41 bits per heavy atom. The van der Waals surface area contributed by atoms with Gasteiger partial charge in [-0.25, -0.2) is 8.42 Å². The highest BCUT2D eigenvalue weighted by molar-refractivity contribution is 7.91. The summed E-state index contributed by atoms with van der Waals surface area (Å²) in [6.07, 6.45) is 0.554. The summed E-state index contributed by atoms with van der Waals surface area (Å²) < 4.78 is 22.9. The van der Waals surface area contributed by atoms with Gasteiger partial charge in [0.1, 0.15) is 0 Å². The largest absolute Gasteiger partial charge is 0.337 e. The van der Waals surface area contributed by atoms with Crippen LogP contribution in [0, 0.1) is 5.41 Å². The molecule has 0 bridgehead atoms. The Hall–Kier alpha value is -0.230. The Bertz CT molecular complexity index is 384. The van der Waals surface area contributed by atoms with Crippen LogP contribution in [0.1, 0.15) is 27.2 Å². The minimum atomic E-state index is -2.96. The molecule has 1 atom stereocenters. The lowest BCUT2D eigenvalue weighted by molar-refractivity contribution is -0.131. The average Bonchev–Trinajstić information content (AvgIpc) is 2.52. The molecule has 0 N–H and O–H groups in total. The summed E-state index contributed by atoms with van der Waals surface area (Å²) in [5.41, 5.74) is -0.0367. The summed E-state index contributed by atoms with van der Waals surface area (Å²) in [7, 11) is -2.96. The zero-order valence-electron chi connectivity index (χ0n) is 10.6. The highest BCUT2D eigenvalue weighted by Gasteiger charge is 2.35.